The van der Waals surface area contributed by atoms with Gasteiger partial charge in [0.1, 0.15) is 4.90 Å². The normalized spacial score (nSPS) is 12.5. The summed E-state index contributed by atoms with van der Waals surface area (Å²) in [5, 5.41) is 0. The number of primary amides is 1. The van der Waals surface area contributed by atoms with E-state index in [1.807, 2.05) is 0 Å². The van der Waals surface area contributed by atoms with Crippen molar-refractivity contribution in [2.24, 2.45) is 5.73 Å². The average Bonchev–Trinajstić information content (AvgIpc) is 2.16. The minimum absolute atomic E-state index is 0.205. The molecule has 0 saturated carbocycles. The molecule has 1 aromatic carbocycles. The molecule has 0 aromatic heterocycles. The lowest BCUT2D eigenvalue weighted by Gasteiger charge is -2.02. The molecule has 1 aromatic rings. The van der Waals surface area contributed by atoms with E-state index >= 15 is 0 Å². The molecule has 0 radical (unpaired) electrons. The summed E-state index contributed by atoms with van der Waals surface area (Å²) in [5.74, 6) is -0.648. The van der Waals surface area contributed by atoms with Gasteiger partial charge in [0.15, 0.2) is 0 Å². The molecule has 0 aliphatic carbocycles. The van der Waals surface area contributed by atoms with Gasteiger partial charge in [-0.1, -0.05) is 18.2 Å². The fourth-order valence-electron chi connectivity index (χ4n) is 1.14. The zero-order valence-corrected chi connectivity index (χ0v) is 9.36. The van der Waals surface area contributed by atoms with E-state index < -0.39 is 16.0 Å². The highest BCUT2D eigenvalue weighted by atomic mass is 32.2. The summed E-state index contributed by atoms with van der Waals surface area (Å²) in [5.41, 5.74) is 5.45. The maximum atomic E-state index is 11.0. The second-order valence-electron chi connectivity index (χ2n) is 3.20. The third kappa shape index (κ3) is 2.91. The molecule has 0 unspecified atom stereocenters. The van der Waals surface area contributed by atoms with Crippen LogP contribution in [0.2, 0.25) is 0 Å². The van der Waals surface area contributed by atoms with Gasteiger partial charge in [-0.2, -0.15) is 8.42 Å². The van der Waals surface area contributed by atoms with Gasteiger partial charge < -0.3 is 5.73 Å². The van der Waals surface area contributed by atoms with Crippen LogP contribution in [0.5, 0.6) is 0 Å². The number of rotatable bonds is 3. The van der Waals surface area contributed by atoms with Crippen molar-refractivity contribution in [2.75, 3.05) is 0 Å². The van der Waals surface area contributed by atoms with E-state index in [2.05, 4.69) is 0 Å². The van der Waals surface area contributed by atoms with Gasteiger partial charge in [0.2, 0.25) is 5.91 Å². The summed E-state index contributed by atoms with van der Waals surface area (Å²) in [6.07, 6.45) is 1.31. The number of carbonyl (C=O) groups is 1. The highest BCUT2D eigenvalue weighted by molar-refractivity contribution is 7.85. The van der Waals surface area contributed by atoms with Gasteiger partial charge in [0, 0.05) is 5.57 Å². The molecular formula is C10H11NO4S. The summed E-state index contributed by atoms with van der Waals surface area (Å²) in [4.78, 5) is 10.6. The molecule has 0 atom stereocenters. The molecule has 0 spiro atoms. The predicted octanol–water partition coefficient (Wildman–Crippen LogP) is 0.822. The minimum Gasteiger partial charge on any atom is -0.366 e. The number of carbonyl (C=O) groups excluding carboxylic acids is 1. The predicted molar refractivity (Wildman–Crippen MR) is 59.1 cm³/mol. The first-order valence-electron chi connectivity index (χ1n) is 4.37. The van der Waals surface area contributed by atoms with Crippen molar-refractivity contribution < 1.29 is 17.8 Å². The minimum atomic E-state index is -4.30. The largest absolute Gasteiger partial charge is 0.366 e. The number of hydrogen-bond acceptors (Lipinski definition) is 3. The number of benzene rings is 1. The van der Waals surface area contributed by atoms with Crippen molar-refractivity contribution in [1.82, 2.24) is 0 Å². The second-order valence-corrected chi connectivity index (χ2v) is 4.59. The van der Waals surface area contributed by atoms with E-state index in [0.717, 1.165) is 0 Å². The fraction of sp³-hybridized carbons (Fsp3) is 0.100. The van der Waals surface area contributed by atoms with E-state index in [-0.39, 0.29) is 16.0 Å². The average molecular weight is 241 g/mol. The van der Waals surface area contributed by atoms with Crippen LogP contribution in [0.4, 0.5) is 0 Å². The molecule has 86 valence electrons. The standard InChI is InChI=1S/C10H11NO4S/c1-7(10(11)12)6-8-4-2-3-5-9(8)16(13,14)15/h2-6H,1H3,(H2,11,12)(H,13,14,15). The van der Waals surface area contributed by atoms with Gasteiger partial charge in [-0.05, 0) is 24.6 Å². The first kappa shape index (κ1) is 12.4. The quantitative estimate of drug-likeness (QED) is 0.604. The van der Waals surface area contributed by atoms with Crippen molar-refractivity contribution in [3.05, 3.63) is 35.4 Å². The summed E-state index contributed by atoms with van der Waals surface area (Å²) < 4.78 is 31.0. The SMILES string of the molecule is CC(=Cc1ccccc1S(=O)(=O)O)C(N)=O. The molecule has 3 N–H and O–H groups in total. The number of nitrogens with two attached hydrogens (primary N) is 1. The van der Waals surface area contributed by atoms with Gasteiger partial charge >= 0.3 is 0 Å². The van der Waals surface area contributed by atoms with Crippen LogP contribution in [0, 0.1) is 0 Å². The lowest BCUT2D eigenvalue weighted by molar-refractivity contribution is -0.114. The van der Waals surface area contributed by atoms with Crippen LogP contribution in [0.25, 0.3) is 6.08 Å². The van der Waals surface area contributed by atoms with Crippen LogP contribution in [-0.4, -0.2) is 18.9 Å². The molecule has 0 aliphatic rings. The van der Waals surface area contributed by atoms with Crippen LogP contribution in [0.3, 0.4) is 0 Å². The number of hydrogen-bond donors (Lipinski definition) is 2. The fourth-order valence-corrected chi connectivity index (χ4v) is 1.81. The van der Waals surface area contributed by atoms with Crippen LogP contribution < -0.4 is 5.73 Å². The molecule has 1 amide bonds. The number of amides is 1. The van der Waals surface area contributed by atoms with Crippen LogP contribution in [0.1, 0.15) is 12.5 Å². The van der Waals surface area contributed by atoms with Crippen LogP contribution >= 0.6 is 0 Å². The zero-order chi connectivity index (χ0) is 12.3. The molecule has 16 heavy (non-hydrogen) atoms. The Labute approximate surface area is 93.3 Å². The highest BCUT2D eigenvalue weighted by Gasteiger charge is 2.13. The van der Waals surface area contributed by atoms with Crippen molar-refractivity contribution in [3.63, 3.8) is 0 Å². The Balaban J connectivity index is 3.37. The van der Waals surface area contributed by atoms with Gasteiger partial charge in [0.05, 0.1) is 0 Å². The van der Waals surface area contributed by atoms with E-state index in [1.165, 1.54) is 31.2 Å². The maximum absolute atomic E-state index is 11.0. The summed E-state index contributed by atoms with van der Waals surface area (Å²) in [6, 6.07) is 5.78. The summed E-state index contributed by atoms with van der Waals surface area (Å²) >= 11 is 0. The maximum Gasteiger partial charge on any atom is 0.295 e. The van der Waals surface area contributed by atoms with Gasteiger partial charge in [-0.3, -0.25) is 9.35 Å². The van der Waals surface area contributed by atoms with Gasteiger partial charge in [0.25, 0.3) is 10.1 Å². The smallest absolute Gasteiger partial charge is 0.295 e. The van der Waals surface area contributed by atoms with Crippen molar-refractivity contribution in [1.29, 1.82) is 0 Å². The Bertz CT molecular complexity index is 546. The molecule has 0 fully saturated rings. The van der Waals surface area contributed by atoms with Gasteiger partial charge in [-0.15, -0.1) is 0 Å². The highest BCUT2D eigenvalue weighted by Crippen LogP contribution is 2.17. The molecule has 0 saturated heterocycles. The van der Waals surface area contributed by atoms with E-state index in [4.69, 9.17) is 10.3 Å². The molecule has 5 nitrogen and oxygen atoms in total. The lowest BCUT2D eigenvalue weighted by Crippen LogP contribution is -2.11. The Morgan fingerprint density at radius 3 is 2.44 bits per heavy atom. The van der Waals surface area contributed by atoms with Crippen molar-refractivity contribution >= 4 is 22.1 Å². The van der Waals surface area contributed by atoms with Crippen LogP contribution in [0.15, 0.2) is 34.7 Å². The summed E-state index contributed by atoms with van der Waals surface area (Å²) in [7, 11) is -4.30. The van der Waals surface area contributed by atoms with Gasteiger partial charge in [-0.25, -0.2) is 0 Å². The summed E-state index contributed by atoms with van der Waals surface area (Å²) in [6.45, 7) is 1.46. The topological polar surface area (TPSA) is 97.5 Å². The molecule has 0 aliphatic heterocycles. The second kappa shape index (κ2) is 4.46. The third-order valence-electron chi connectivity index (χ3n) is 1.96. The first-order valence-corrected chi connectivity index (χ1v) is 5.81. The molecule has 0 heterocycles. The molecule has 1 rings (SSSR count). The Morgan fingerprint density at radius 1 is 1.38 bits per heavy atom. The van der Waals surface area contributed by atoms with E-state index in [1.54, 1.807) is 6.07 Å². The van der Waals surface area contributed by atoms with E-state index in [0.29, 0.717) is 0 Å². The van der Waals surface area contributed by atoms with Crippen LogP contribution in [-0.2, 0) is 14.9 Å². The van der Waals surface area contributed by atoms with E-state index in [9.17, 15) is 13.2 Å². The molecular weight excluding hydrogens is 230 g/mol. The molecule has 6 heteroatoms. The first-order chi connectivity index (χ1) is 7.32. The Kier molecular flexibility index (Phi) is 3.46. The Hall–Kier alpha value is -1.66. The van der Waals surface area contributed by atoms with Crippen molar-refractivity contribution in [3.8, 4) is 0 Å². The monoisotopic (exact) mass is 241 g/mol. The lowest BCUT2D eigenvalue weighted by atomic mass is 10.1. The van der Waals surface area contributed by atoms with Crippen molar-refractivity contribution in [2.45, 2.75) is 11.8 Å². The molecule has 0 bridgehead atoms. The Morgan fingerprint density at radius 2 is 1.94 bits per heavy atom. The zero-order valence-electron chi connectivity index (χ0n) is 8.54. The third-order valence-corrected chi connectivity index (χ3v) is 2.89.